The molecule has 5 heteroatoms. The van der Waals surface area contributed by atoms with E-state index < -0.39 is 11.7 Å². The molecule has 0 saturated heterocycles. The third-order valence-electron chi connectivity index (χ3n) is 1.19. The topological polar surface area (TPSA) is 76.4 Å². The van der Waals surface area contributed by atoms with Crippen molar-refractivity contribution in [1.29, 1.82) is 0 Å². The average molecular weight is 189 g/mol. The average Bonchev–Trinajstić information content (AvgIpc) is 1.81. The van der Waals surface area contributed by atoms with Crippen molar-refractivity contribution in [1.82, 2.24) is 10.7 Å². The highest BCUT2D eigenvalue weighted by atomic mass is 16.6. The molecule has 4 N–H and O–H groups in total. The highest BCUT2D eigenvalue weighted by molar-refractivity contribution is 5.68. The van der Waals surface area contributed by atoms with Crippen molar-refractivity contribution in [2.24, 2.45) is 5.84 Å². The summed E-state index contributed by atoms with van der Waals surface area (Å²) < 4.78 is 5.04. The fourth-order valence-corrected chi connectivity index (χ4v) is 0.737. The molecule has 0 bridgehead atoms. The van der Waals surface area contributed by atoms with Crippen LogP contribution in [0.3, 0.4) is 0 Å². The van der Waals surface area contributed by atoms with E-state index >= 15 is 0 Å². The number of carbonyl (C=O) groups excluding carboxylic acids is 1. The number of hydrazine groups is 1. The first kappa shape index (κ1) is 12.2. The molecule has 0 unspecified atom stereocenters. The fraction of sp³-hybridized carbons (Fsp3) is 0.875. The Morgan fingerprint density at radius 1 is 1.54 bits per heavy atom. The Hall–Kier alpha value is -0.810. The summed E-state index contributed by atoms with van der Waals surface area (Å²) in [4.78, 5) is 11.1. The number of nitrogens with two attached hydrogens (primary N) is 1. The molecule has 0 aromatic heterocycles. The van der Waals surface area contributed by atoms with Crippen LogP contribution in [0.4, 0.5) is 4.79 Å². The number of rotatable bonds is 3. The summed E-state index contributed by atoms with van der Waals surface area (Å²) in [5.74, 6) is 5.09. The zero-order valence-electron chi connectivity index (χ0n) is 8.68. The van der Waals surface area contributed by atoms with Gasteiger partial charge in [-0.25, -0.2) is 4.79 Å². The monoisotopic (exact) mass is 189 g/mol. The molecule has 0 aliphatic rings. The van der Waals surface area contributed by atoms with Gasteiger partial charge in [-0.15, -0.1) is 0 Å². The number of alkyl carbamates (subject to hydrolysis) is 1. The maximum Gasteiger partial charge on any atom is 0.407 e. The molecule has 1 amide bonds. The standard InChI is InChI=1S/C8H19N3O2/c1-6(5-10-9)11-7(12)13-8(2,3)4/h6,10H,5,9H2,1-4H3,(H,11,12)/t6-/m0/s1. The predicted octanol–water partition coefficient (Wildman–Crippen LogP) is 0.363. The van der Waals surface area contributed by atoms with Crippen molar-refractivity contribution in [2.75, 3.05) is 6.54 Å². The second-order valence-corrected chi connectivity index (χ2v) is 3.96. The largest absolute Gasteiger partial charge is 0.444 e. The maximum absolute atomic E-state index is 11.1. The summed E-state index contributed by atoms with van der Waals surface area (Å²) in [6, 6.07) is -0.0418. The van der Waals surface area contributed by atoms with E-state index in [1.165, 1.54) is 0 Å². The zero-order chi connectivity index (χ0) is 10.5. The van der Waals surface area contributed by atoms with Gasteiger partial charge in [0.2, 0.25) is 0 Å². The number of carbonyl (C=O) groups is 1. The summed E-state index contributed by atoms with van der Waals surface area (Å²) >= 11 is 0. The molecule has 0 fully saturated rings. The van der Waals surface area contributed by atoms with Crippen molar-refractivity contribution >= 4 is 6.09 Å². The second-order valence-electron chi connectivity index (χ2n) is 3.96. The van der Waals surface area contributed by atoms with E-state index in [0.717, 1.165) is 0 Å². The maximum atomic E-state index is 11.1. The van der Waals surface area contributed by atoms with E-state index in [4.69, 9.17) is 10.6 Å². The first-order chi connectivity index (χ1) is 5.85. The van der Waals surface area contributed by atoms with Crippen molar-refractivity contribution in [3.8, 4) is 0 Å². The Balaban J connectivity index is 3.74. The van der Waals surface area contributed by atoms with Gasteiger partial charge in [0.25, 0.3) is 0 Å². The van der Waals surface area contributed by atoms with Crippen LogP contribution in [0.25, 0.3) is 0 Å². The van der Waals surface area contributed by atoms with Crippen LogP contribution in [0.1, 0.15) is 27.7 Å². The lowest BCUT2D eigenvalue weighted by Crippen LogP contribution is -2.44. The summed E-state index contributed by atoms with van der Waals surface area (Å²) in [5.41, 5.74) is 2.01. The molecule has 1 atom stereocenters. The summed E-state index contributed by atoms with van der Waals surface area (Å²) in [6.45, 7) is 7.80. The molecule has 78 valence electrons. The van der Waals surface area contributed by atoms with Crippen LogP contribution >= 0.6 is 0 Å². The quantitative estimate of drug-likeness (QED) is 0.442. The van der Waals surface area contributed by atoms with E-state index in [2.05, 4.69) is 10.7 Å². The highest BCUT2D eigenvalue weighted by Gasteiger charge is 2.17. The van der Waals surface area contributed by atoms with Gasteiger partial charge in [-0.1, -0.05) is 0 Å². The zero-order valence-corrected chi connectivity index (χ0v) is 8.68. The Bertz CT molecular complexity index is 165. The van der Waals surface area contributed by atoms with Crippen LogP contribution in [0.2, 0.25) is 0 Å². The van der Waals surface area contributed by atoms with Crippen molar-refractivity contribution in [3.05, 3.63) is 0 Å². The molecule has 5 nitrogen and oxygen atoms in total. The lowest BCUT2D eigenvalue weighted by Gasteiger charge is -2.21. The van der Waals surface area contributed by atoms with Gasteiger partial charge in [-0.3, -0.25) is 11.3 Å². The van der Waals surface area contributed by atoms with Gasteiger partial charge in [0.05, 0.1) is 0 Å². The van der Waals surface area contributed by atoms with Crippen molar-refractivity contribution in [3.63, 3.8) is 0 Å². The number of hydrogen-bond donors (Lipinski definition) is 3. The van der Waals surface area contributed by atoms with Gasteiger partial charge in [-0.2, -0.15) is 0 Å². The van der Waals surface area contributed by atoms with Crippen LogP contribution < -0.4 is 16.6 Å². The third-order valence-corrected chi connectivity index (χ3v) is 1.19. The lowest BCUT2D eigenvalue weighted by molar-refractivity contribution is 0.0508. The molecule has 0 aromatic carbocycles. The van der Waals surface area contributed by atoms with E-state index in [-0.39, 0.29) is 6.04 Å². The first-order valence-electron chi connectivity index (χ1n) is 4.28. The van der Waals surface area contributed by atoms with Crippen molar-refractivity contribution < 1.29 is 9.53 Å². The molecule has 0 saturated carbocycles. The molecule has 0 aliphatic heterocycles. The summed E-state index contributed by atoms with van der Waals surface area (Å²) in [7, 11) is 0. The number of ether oxygens (including phenoxy) is 1. The Labute approximate surface area is 79.0 Å². The number of amides is 1. The Kier molecular flexibility index (Phi) is 4.72. The van der Waals surface area contributed by atoms with Crippen LogP contribution in [-0.4, -0.2) is 24.3 Å². The fourth-order valence-electron chi connectivity index (χ4n) is 0.737. The molecule has 0 heterocycles. The van der Waals surface area contributed by atoms with Crippen LogP contribution in [-0.2, 0) is 4.74 Å². The Morgan fingerprint density at radius 2 is 2.08 bits per heavy atom. The molecular weight excluding hydrogens is 170 g/mol. The second kappa shape index (κ2) is 5.04. The minimum atomic E-state index is -0.458. The van der Waals surface area contributed by atoms with Crippen molar-refractivity contribution in [2.45, 2.75) is 39.3 Å². The van der Waals surface area contributed by atoms with Gasteiger partial charge >= 0.3 is 6.09 Å². The summed E-state index contributed by atoms with van der Waals surface area (Å²) in [5, 5.41) is 2.63. The van der Waals surface area contributed by atoms with Gasteiger partial charge < -0.3 is 10.1 Å². The highest BCUT2D eigenvalue weighted by Crippen LogP contribution is 2.06. The molecule has 0 aromatic rings. The van der Waals surface area contributed by atoms with Crippen LogP contribution in [0.5, 0.6) is 0 Å². The van der Waals surface area contributed by atoms with Crippen LogP contribution in [0.15, 0.2) is 0 Å². The van der Waals surface area contributed by atoms with E-state index in [0.29, 0.717) is 6.54 Å². The first-order valence-corrected chi connectivity index (χ1v) is 4.28. The predicted molar refractivity (Wildman–Crippen MR) is 51.0 cm³/mol. The normalized spacial score (nSPS) is 13.6. The van der Waals surface area contributed by atoms with E-state index in [1.54, 1.807) is 0 Å². The minimum absolute atomic E-state index is 0.0418. The van der Waals surface area contributed by atoms with Gasteiger partial charge in [0.15, 0.2) is 0 Å². The molecule has 0 rings (SSSR count). The van der Waals surface area contributed by atoms with Gasteiger partial charge in [0.1, 0.15) is 5.60 Å². The minimum Gasteiger partial charge on any atom is -0.444 e. The summed E-state index contributed by atoms with van der Waals surface area (Å²) in [6.07, 6.45) is -0.421. The van der Waals surface area contributed by atoms with E-state index in [9.17, 15) is 4.79 Å². The smallest absolute Gasteiger partial charge is 0.407 e. The third kappa shape index (κ3) is 7.55. The van der Waals surface area contributed by atoms with Gasteiger partial charge in [-0.05, 0) is 27.7 Å². The molecule has 0 aliphatic carbocycles. The Morgan fingerprint density at radius 3 is 2.46 bits per heavy atom. The van der Waals surface area contributed by atoms with Gasteiger partial charge in [0, 0.05) is 12.6 Å². The van der Waals surface area contributed by atoms with E-state index in [1.807, 2.05) is 27.7 Å². The molecule has 13 heavy (non-hydrogen) atoms. The molecule has 0 spiro atoms. The van der Waals surface area contributed by atoms with Crippen LogP contribution in [0, 0.1) is 0 Å². The SMILES string of the molecule is C[C@@H](CNN)NC(=O)OC(C)(C)C. The molecule has 0 radical (unpaired) electrons. The number of hydrogen-bond acceptors (Lipinski definition) is 4. The number of nitrogens with one attached hydrogen (secondary N) is 2. The lowest BCUT2D eigenvalue weighted by atomic mass is 10.2. The molecular formula is C8H19N3O2.